The average molecular weight is 723 g/mol. The van der Waals surface area contributed by atoms with Crippen LogP contribution in [0.4, 0.5) is 0 Å². The molecule has 0 aliphatic heterocycles. The molecule has 3 N–H and O–H groups in total. The van der Waals surface area contributed by atoms with E-state index in [2.05, 4.69) is 20.8 Å². The number of unbranched alkanes of at least 4 members (excludes halogenated alkanes) is 18. The highest BCUT2D eigenvalue weighted by molar-refractivity contribution is 5.84. The number of ketones is 1. The van der Waals surface area contributed by atoms with Gasteiger partial charge in [-0.15, -0.1) is 0 Å². The van der Waals surface area contributed by atoms with Crippen LogP contribution in [0.2, 0.25) is 0 Å². The van der Waals surface area contributed by atoms with Crippen molar-refractivity contribution >= 4 is 17.7 Å². The summed E-state index contributed by atoms with van der Waals surface area (Å²) in [7, 11) is 0. The predicted molar refractivity (Wildman–Crippen MR) is 206 cm³/mol. The summed E-state index contributed by atoms with van der Waals surface area (Å²) in [6, 6.07) is 0. The van der Waals surface area contributed by atoms with Crippen LogP contribution in [0, 0.1) is 17.8 Å². The second kappa shape index (κ2) is 31.7. The normalized spacial score (nSPS) is 18.9. The van der Waals surface area contributed by atoms with E-state index in [1.807, 2.05) is 6.08 Å². The van der Waals surface area contributed by atoms with Gasteiger partial charge in [0.1, 0.15) is 12.4 Å². The first-order valence-corrected chi connectivity index (χ1v) is 21.2. The smallest absolute Gasteiger partial charge is 0.306 e. The summed E-state index contributed by atoms with van der Waals surface area (Å²) in [5.41, 5.74) is 0. The van der Waals surface area contributed by atoms with Crippen molar-refractivity contribution in [2.24, 2.45) is 17.8 Å². The first-order chi connectivity index (χ1) is 24.7. The number of carbonyl (C=O) groups excluding carboxylic acids is 3. The molecule has 0 spiro atoms. The largest absolute Gasteiger partial charge is 0.462 e. The molecule has 1 aliphatic carbocycles. The molecule has 0 saturated heterocycles. The van der Waals surface area contributed by atoms with E-state index in [0.717, 1.165) is 63.7 Å². The van der Waals surface area contributed by atoms with E-state index in [1.54, 1.807) is 6.08 Å². The highest BCUT2D eigenvalue weighted by atomic mass is 16.6. The van der Waals surface area contributed by atoms with Gasteiger partial charge >= 0.3 is 11.9 Å². The lowest BCUT2D eigenvalue weighted by atomic mass is 9.88. The topological polar surface area (TPSA) is 130 Å². The fourth-order valence-corrected chi connectivity index (χ4v) is 7.11. The van der Waals surface area contributed by atoms with Crippen LogP contribution < -0.4 is 0 Å². The molecule has 1 rings (SSSR count). The zero-order valence-electron chi connectivity index (χ0n) is 33.0. The Bertz CT molecular complexity index is 902. The van der Waals surface area contributed by atoms with Crippen LogP contribution in [0.3, 0.4) is 0 Å². The summed E-state index contributed by atoms with van der Waals surface area (Å²) >= 11 is 0. The van der Waals surface area contributed by atoms with Crippen LogP contribution >= 0.6 is 0 Å². The van der Waals surface area contributed by atoms with Crippen LogP contribution in [0.1, 0.15) is 194 Å². The maximum absolute atomic E-state index is 12.5. The summed E-state index contributed by atoms with van der Waals surface area (Å²) in [5.74, 6) is -0.310. The van der Waals surface area contributed by atoms with Gasteiger partial charge in [-0.1, -0.05) is 161 Å². The van der Waals surface area contributed by atoms with Gasteiger partial charge in [-0.25, -0.2) is 0 Å². The molecular weight excluding hydrogens is 644 g/mol. The summed E-state index contributed by atoms with van der Waals surface area (Å²) in [6.45, 7) is 6.20. The van der Waals surface area contributed by atoms with Gasteiger partial charge in [0.05, 0.1) is 18.8 Å². The van der Waals surface area contributed by atoms with Crippen molar-refractivity contribution in [1.29, 1.82) is 0 Å². The monoisotopic (exact) mass is 723 g/mol. The van der Waals surface area contributed by atoms with Crippen molar-refractivity contribution in [1.82, 2.24) is 0 Å². The van der Waals surface area contributed by atoms with Gasteiger partial charge in [0.2, 0.25) is 0 Å². The van der Waals surface area contributed by atoms with Gasteiger partial charge in [-0.05, 0) is 31.6 Å². The van der Waals surface area contributed by atoms with Gasteiger partial charge < -0.3 is 24.8 Å². The lowest BCUT2D eigenvalue weighted by Crippen LogP contribution is -2.28. The summed E-state index contributed by atoms with van der Waals surface area (Å²) in [5, 5.41) is 30.2. The molecule has 0 aromatic rings. The van der Waals surface area contributed by atoms with Crippen molar-refractivity contribution in [3.05, 3.63) is 12.2 Å². The Morgan fingerprint density at radius 1 is 0.745 bits per heavy atom. The minimum absolute atomic E-state index is 0.0804. The zero-order chi connectivity index (χ0) is 37.5. The lowest BCUT2D eigenvalue weighted by Gasteiger charge is -2.18. The number of aliphatic hydroxyl groups excluding tert-OH is 3. The number of rotatable bonds is 34. The molecule has 0 amide bonds. The molecule has 5 atom stereocenters. The molecule has 298 valence electrons. The fraction of sp³-hybridized carbons (Fsp3) is 0.884. The van der Waals surface area contributed by atoms with E-state index in [-0.39, 0.29) is 43.0 Å². The first kappa shape index (κ1) is 47.3. The number of aliphatic hydroxyl groups is 3. The minimum Gasteiger partial charge on any atom is -0.462 e. The molecule has 1 saturated carbocycles. The van der Waals surface area contributed by atoms with Crippen molar-refractivity contribution in [2.75, 3.05) is 13.2 Å². The van der Waals surface area contributed by atoms with Crippen LogP contribution in [-0.4, -0.2) is 64.6 Å². The number of carbonyl (C=O) groups is 3. The quantitative estimate of drug-likeness (QED) is 0.0340. The average Bonchev–Trinajstić information content (AvgIpc) is 3.37. The summed E-state index contributed by atoms with van der Waals surface area (Å²) in [4.78, 5) is 37.0. The number of esters is 2. The van der Waals surface area contributed by atoms with Crippen LogP contribution in [-0.2, 0) is 23.9 Å². The molecule has 1 fully saturated rings. The van der Waals surface area contributed by atoms with Gasteiger partial charge in [-0.3, -0.25) is 14.4 Å². The van der Waals surface area contributed by atoms with Crippen LogP contribution in [0.5, 0.6) is 0 Å². The Balaban J connectivity index is 2.04. The maximum atomic E-state index is 12.5. The molecule has 0 aromatic heterocycles. The Labute approximate surface area is 311 Å². The van der Waals surface area contributed by atoms with E-state index >= 15 is 0 Å². The second-order valence-electron chi connectivity index (χ2n) is 15.7. The van der Waals surface area contributed by atoms with Crippen molar-refractivity contribution in [2.45, 2.75) is 212 Å². The molecule has 8 nitrogen and oxygen atoms in total. The number of hydrogen-bond acceptors (Lipinski definition) is 8. The standard InChI is InChI=1S/C43H78O8/c1-4-5-20-26-36(45)30-31-39-38(40(46)32-41(39)47)27-22-18-19-24-29-43(49)51-37(33-44)34-50-42(48)28-23-17-15-13-11-9-7-6-8-10-12-14-16-21-25-35(2)3/h30-31,35-39,41,44-45,47H,4-29,32-34H2,1-3H3/b31-30+/t36-,37-,38+,39+,41+/m0/s1. The fourth-order valence-electron chi connectivity index (χ4n) is 7.11. The lowest BCUT2D eigenvalue weighted by molar-refractivity contribution is -0.161. The molecular formula is C43H78O8. The third-order valence-corrected chi connectivity index (χ3v) is 10.4. The molecule has 0 radical (unpaired) electrons. The molecule has 1 aliphatic rings. The summed E-state index contributed by atoms with van der Waals surface area (Å²) < 4.78 is 10.6. The minimum atomic E-state index is -0.855. The van der Waals surface area contributed by atoms with E-state index in [1.165, 1.54) is 77.0 Å². The molecule has 0 aromatic carbocycles. The third kappa shape index (κ3) is 25.8. The number of Topliss-reactive ketones (excluding diaryl/α,β-unsaturated/α-hetero) is 1. The van der Waals surface area contributed by atoms with Crippen molar-refractivity contribution in [3.8, 4) is 0 Å². The van der Waals surface area contributed by atoms with Crippen molar-refractivity contribution in [3.63, 3.8) is 0 Å². The van der Waals surface area contributed by atoms with Gasteiger partial charge in [0, 0.05) is 31.1 Å². The Morgan fingerprint density at radius 3 is 1.80 bits per heavy atom. The van der Waals surface area contributed by atoms with E-state index in [9.17, 15) is 29.7 Å². The van der Waals surface area contributed by atoms with E-state index in [0.29, 0.717) is 25.7 Å². The summed E-state index contributed by atoms with van der Waals surface area (Å²) in [6.07, 6.45) is 28.9. The Kier molecular flexibility index (Phi) is 29.4. The van der Waals surface area contributed by atoms with Gasteiger partial charge in [0.15, 0.2) is 6.10 Å². The van der Waals surface area contributed by atoms with Crippen molar-refractivity contribution < 1.29 is 39.2 Å². The molecule has 51 heavy (non-hydrogen) atoms. The third-order valence-electron chi connectivity index (χ3n) is 10.4. The van der Waals surface area contributed by atoms with Crippen LogP contribution in [0.25, 0.3) is 0 Å². The number of hydrogen-bond donors (Lipinski definition) is 3. The van der Waals surface area contributed by atoms with E-state index < -0.39 is 30.9 Å². The predicted octanol–water partition coefficient (Wildman–Crippen LogP) is 9.74. The Hall–Kier alpha value is -1.77. The SMILES string of the molecule is CCCCC[C@H](O)/C=C/[C@H]1[C@H](O)CC(=O)[C@@H]1CCCCCCC(=O)O[C@@H](CO)COC(=O)CCCCCCCCCCCCCCCCC(C)C. The van der Waals surface area contributed by atoms with Gasteiger partial charge in [-0.2, -0.15) is 0 Å². The number of ether oxygens (including phenoxy) is 2. The molecule has 0 heterocycles. The second-order valence-corrected chi connectivity index (χ2v) is 15.7. The zero-order valence-corrected chi connectivity index (χ0v) is 33.0. The molecule has 8 heteroatoms. The maximum Gasteiger partial charge on any atom is 0.306 e. The Morgan fingerprint density at radius 2 is 1.25 bits per heavy atom. The highest BCUT2D eigenvalue weighted by Crippen LogP contribution is 2.34. The van der Waals surface area contributed by atoms with Crippen LogP contribution in [0.15, 0.2) is 12.2 Å². The molecule has 0 bridgehead atoms. The first-order valence-electron chi connectivity index (χ1n) is 21.2. The highest BCUT2D eigenvalue weighted by Gasteiger charge is 2.39. The van der Waals surface area contributed by atoms with E-state index in [4.69, 9.17) is 9.47 Å². The molecule has 0 unspecified atom stereocenters. The van der Waals surface area contributed by atoms with Gasteiger partial charge in [0.25, 0.3) is 0 Å².